The smallest absolute Gasteiger partial charge is 0.144 e. The van der Waals surface area contributed by atoms with Crippen molar-refractivity contribution in [2.45, 2.75) is 13.8 Å². The van der Waals surface area contributed by atoms with Crippen molar-refractivity contribution >= 4 is 54.9 Å². The van der Waals surface area contributed by atoms with Crippen molar-refractivity contribution in [3.05, 3.63) is 157 Å². The van der Waals surface area contributed by atoms with Gasteiger partial charge < -0.3 is 18.0 Å². The maximum atomic E-state index is 6.59. The summed E-state index contributed by atoms with van der Waals surface area (Å²) in [5.41, 5.74) is 14.6. The van der Waals surface area contributed by atoms with Crippen LogP contribution in [0.3, 0.4) is 0 Å². The fraction of sp³-hybridized carbons (Fsp3) is 0.0455. The van der Waals surface area contributed by atoms with E-state index in [2.05, 4.69) is 144 Å². The maximum Gasteiger partial charge on any atom is 0.144 e. The molecule has 0 aliphatic heterocycles. The molecule has 0 aliphatic carbocycles. The van der Waals surface area contributed by atoms with E-state index in [1.807, 2.05) is 24.3 Å². The molecule has 4 heteroatoms. The van der Waals surface area contributed by atoms with Crippen molar-refractivity contribution < 1.29 is 8.83 Å². The lowest BCUT2D eigenvalue weighted by Gasteiger charge is -2.13. The third-order valence-electron chi connectivity index (χ3n) is 9.65. The first kappa shape index (κ1) is 26.9. The number of benzene rings is 6. The Bertz CT molecular complexity index is 2680. The van der Waals surface area contributed by atoms with Crippen LogP contribution in [-0.4, -0.2) is 9.13 Å². The number of furan rings is 2. The second-order valence-corrected chi connectivity index (χ2v) is 12.7. The third-order valence-corrected chi connectivity index (χ3v) is 9.65. The monoisotopic (exact) mass is 618 g/mol. The highest BCUT2D eigenvalue weighted by atomic mass is 16.3. The van der Waals surface area contributed by atoms with E-state index in [0.29, 0.717) is 0 Å². The third kappa shape index (κ3) is 3.90. The molecule has 4 aromatic heterocycles. The van der Waals surface area contributed by atoms with E-state index in [1.54, 1.807) is 0 Å². The molecule has 0 radical (unpaired) electrons. The molecule has 6 aromatic carbocycles. The van der Waals surface area contributed by atoms with E-state index < -0.39 is 0 Å². The van der Waals surface area contributed by atoms with Gasteiger partial charge in [0.05, 0.1) is 22.4 Å². The summed E-state index contributed by atoms with van der Waals surface area (Å²) in [7, 11) is 0. The van der Waals surface area contributed by atoms with Gasteiger partial charge in [0.25, 0.3) is 0 Å². The van der Waals surface area contributed by atoms with Crippen LogP contribution < -0.4 is 0 Å². The average Bonchev–Trinajstić information content (AvgIpc) is 3.86. The van der Waals surface area contributed by atoms with Crippen LogP contribution in [0.4, 0.5) is 0 Å². The van der Waals surface area contributed by atoms with Crippen LogP contribution in [0.25, 0.3) is 88.8 Å². The lowest BCUT2D eigenvalue weighted by molar-refractivity contribution is 0.669. The molecule has 0 saturated carbocycles. The molecule has 0 aliphatic rings. The molecule has 4 heterocycles. The van der Waals surface area contributed by atoms with Crippen LogP contribution >= 0.6 is 0 Å². The Kier molecular flexibility index (Phi) is 5.67. The summed E-state index contributed by atoms with van der Waals surface area (Å²) in [5, 5.41) is 4.48. The zero-order chi connectivity index (χ0) is 31.9. The van der Waals surface area contributed by atoms with Crippen molar-refractivity contribution in [3.63, 3.8) is 0 Å². The lowest BCUT2D eigenvalue weighted by Crippen LogP contribution is -1.97. The van der Waals surface area contributed by atoms with Crippen LogP contribution in [0, 0.1) is 13.8 Å². The zero-order valence-electron chi connectivity index (χ0n) is 26.6. The first-order valence-electron chi connectivity index (χ1n) is 16.3. The largest absolute Gasteiger partial charge is 0.455 e. The summed E-state index contributed by atoms with van der Waals surface area (Å²) in [6.45, 7) is 4.30. The highest BCUT2D eigenvalue weighted by molar-refractivity contribution is 6.12. The minimum Gasteiger partial charge on any atom is -0.455 e. The Morgan fingerprint density at radius 1 is 0.396 bits per heavy atom. The van der Waals surface area contributed by atoms with Gasteiger partial charge in [-0.3, -0.25) is 0 Å². The van der Waals surface area contributed by atoms with Crippen molar-refractivity contribution in [1.82, 2.24) is 9.13 Å². The Morgan fingerprint density at radius 3 is 1.27 bits per heavy atom. The van der Waals surface area contributed by atoms with E-state index in [-0.39, 0.29) is 0 Å². The number of fused-ring (bicyclic) bond motifs is 7. The molecule has 0 atom stereocenters. The quantitative estimate of drug-likeness (QED) is 0.197. The Hall–Kier alpha value is -6.26. The molecule has 0 fully saturated rings. The van der Waals surface area contributed by atoms with Gasteiger partial charge in [0.2, 0.25) is 0 Å². The van der Waals surface area contributed by atoms with Crippen LogP contribution in [0.15, 0.2) is 154 Å². The molecule has 0 spiro atoms. The van der Waals surface area contributed by atoms with Crippen LogP contribution in [-0.2, 0) is 0 Å². The second-order valence-electron chi connectivity index (χ2n) is 12.7. The van der Waals surface area contributed by atoms with E-state index in [4.69, 9.17) is 8.83 Å². The van der Waals surface area contributed by atoms with Crippen molar-refractivity contribution in [1.29, 1.82) is 0 Å². The molecule has 0 saturated heterocycles. The van der Waals surface area contributed by atoms with Gasteiger partial charge in [-0.05, 0) is 85.6 Å². The highest BCUT2D eigenvalue weighted by Crippen LogP contribution is 2.44. The number of aryl methyl sites for hydroxylation is 2. The SMILES string of the molecule is Cc1cccc(-n2c(-c3cccc4c3oc3ccccc34)cc3c2cc(-c2cccc4c2oc2ccccc24)n3-c2cccc(C)c2)c1. The number of rotatable bonds is 4. The number of para-hydroxylation sites is 4. The van der Waals surface area contributed by atoms with Gasteiger partial charge >= 0.3 is 0 Å². The Balaban J connectivity index is 1.34. The van der Waals surface area contributed by atoms with Crippen molar-refractivity contribution in [2.75, 3.05) is 0 Å². The van der Waals surface area contributed by atoms with E-state index >= 15 is 0 Å². The fourth-order valence-electron chi connectivity index (χ4n) is 7.54. The first-order chi connectivity index (χ1) is 23.6. The van der Waals surface area contributed by atoms with Gasteiger partial charge in [-0.1, -0.05) is 84.9 Å². The van der Waals surface area contributed by atoms with Crippen LogP contribution in [0.2, 0.25) is 0 Å². The molecule has 0 N–H and O–H groups in total. The number of hydrogen-bond acceptors (Lipinski definition) is 2. The molecule has 4 nitrogen and oxygen atoms in total. The first-order valence-corrected chi connectivity index (χ1v) is 16.3. The Morgan fingerprint density at radius 2 is 0.812 bits per heavy atom. The van der Waals surface area contributed by atoms with E-state index in [0.717, 1.165) is 88.8 Å². The van der Waals surface area contributed by atoms with Crippen molar-refractivity contribution in [2.24, 2.45) is 0 Å². The standard InChI is InChI=1S/C44H30N2O2/c1-27-11-7-13-29(23-27)45-37(35-19-9-17-33-31-15-3-5-21-41(31)47-43(33)35)25-40-39(45)26-38(46(40)30-14-8-12-28(2)24-30)36-20-10-18-34-32-16-4-6-22-42(32)48-44(34)36/h3-26H,1-2H3. The molecule has 0 bridgehead atoms. The normalized spacial score (nSPS) is 12.0. The summed E-state index contributed by atoms with van der Waals surface area (Å²) < 4.78 is 18.0. The van der Waals surface area contributed by atoms with Crippen LogP contribution in [0.1, 0.15) is 11.1 Å². The number of nitrogens with zero attached hydrogens (tertiary/aromatic N) is 2. The molecule has 228 valence electrons. The molecule has 0 amide bonds. The molecule has 10 aromatic rings. The summed E-state index contributed by atoms with van der Waals surface area (Å²) in [4.78, 5) is 0. The molecular formula is C44H30N2O2. The second kappa shape index (κ2) is 10.1. The molecular weight excluding hydrogens is 588 g/mol. The van der Waals surface area contributed by atoms with Gasteiger partial charge in [-0.15, -0.1) is 0 Å². The van der Waals surface area contributed by atoms with Gasteiger partial charge in [0.15, 0.2) is 0 Å². The van der Waals surface area contributed by atoms with Gasteiger partial charge in [-0.2, -0.15) is 0 Å². The predicted molar refractivity (Wildman–Crippen MR) is 198 cm³/mol. The topological polar surface area (TPSA) is 36.1 Å². The number of aromatic nitrogens is 2. The Labute approximate surface area is 276 Å². The lowest BCUT2D eigenvalue weighted by atomic mass is 10.1. The molecule has 10 rings (SSSR count). The predicted octanol–water partition coefficient (Wildman–Crippen LogP) is 12.2. The summed E-state index contributed by atoms with van der Waals surface area (Å²) >= 11 is 0. The highest BCUT2D eigenvalue weighted by Gasteiger charge is 2.25. The van der Waals surface area contributed by atoms with Gasteiger partial charge in [0.1, 0.15) is 22.3 Å². The summed E-state index contributed by atoms with van der Waals surface area (Å²) in [6.07, 6.45) is 0. The maximum absolute atomic E-state index is 6.59. The van der Waals surface area contributed by atoms with Gasteiger partial charge in [-0.25, -0.2) is 0 Å². The van der Waals surface area contributed by atoms with E-state index in [9.17, 15) is 0 Å². The molecule has 0 unspecified atom stereocenters. The average molecular weight is 619 g/mol. The fourth-order valence-corrected chi connectivity index (χ4v) is 7.54. The van der Waals surface area contributed by atoms with Gasteiger partial charge in [0, 0.05) is 44.0 Å². The molecule has 48 heavy (non-hydrogen) atoms. The minimum absolute atomic E-state index is 0.891. The number of hydrogen-bond donors (Lipinski definition) is 0. The minimum atomic E-state index is 0.891. The van der Waals surface area contributed by atoms with Crippen LogP contribution in [0.5, 0.6) is 0 Å². The van der Waals surface area contributed by atoms with E-state index in [1.165, 1.54) is 11.1 Å². The zero-order valence-corrected chi connectivity index (χ0v) is 26.6. The summed E-state index contributed by atoms with van der Waals surface area (Å²) in [5.74, 6) is 0. The van der Waals surface area contributed by atoms with Crippen molar-refractivity contribution in [3.8, 4) is 33.9 Å². The summed E-state index contributed by atoms with van der Waals surface area (Å²) in [6, 6.07) is 51.6.